The quantitative estimate of drug-likeness (QED) is 0.561. The molecule has 0 amide bonds. The number of hydrogen-bond acceptors (Lipinski definition) is 7. The molecule has 5 rings (SSSR count). The van der Waals surface area contributed by atoms with E-state index in [4.69, 9.17) is 4.98 Å². The molecule has 2 aliphatic rings. The van der Waals surface area contributed by atoms with Crippen LogP contribution in [-0.2, 0) is 0 Å². The number of hydrogen-bond donors (Lipinski definition) is 1. The molecule has 0 aromatic carbocycles. The van der Waals surface area contributed by atoms with Gasteiger partial charge in [-0.2, -0.15) is 10.2 Å². The fourth-order valence-corrected chi connectivity index (χ4v) is 5.54. The first kappa shape index (κ1) is 25.1. The van der Waals surface area contributed by atoms with Gasteiger partial charge in [0.1, 0.15) is 11.9 Å². The molecule has 0 spiro atoms. The van der Waals surface area contributed by atoms with Crippen molar-refractivity contribution < 1.29 is 0 Å². The highest BCUT2D eigenvalue weighted by Crippen LogP contribution is 2.34. The normalized spacial score (nSPS) is 20.2. The molecule has 192 valence electrons. The van der Waals surface area contributed by atoms with Gasteiger partial charge in [-0.25, -0.2) is 14.3 Å². The topological polar surface area (TPSA) is 99.7 Å². The van der Waals surface area contributed by atoms with E-state index in [9.17, 15) is 10.1 Å². The zero-order valence-electron chi connectivity index (χ0n) is 22.4. The van der Waals surface area contributed by atoms with Crippen LogP contribution in [-0.4, -0.2) is 44.7 Å². The molecule has 1 aliphatic carbocycles. The monoisotopic (exact) mass is 497 g/mol. The Morgan fingerprint density at radius 2 is 2.03 bits per heavy atom. The summed E-state index contributed by atoms with van der Waals surface area (Å²) in [5, 5.41) is 14.4. The van der Waals surface area contributed by atoms with Crippen LogP contribution in [0.15, 0.2) is 29.2 Å². The molecular formula is C29H35N7O. The summed E-state index contributed by atoms with van der Waals surface area (Å²) in [6.07, 6.45) is 8.04. The van der Waals surface area contributed by atoms with Crippen molar-refractivity contribution in [2.75, 3.05) is 18.0 Å². The molecule has 1 N–H and O–H groups in total. The molecule has 1 fully saturated rings. The van der Waals surface area contributed by atoms with Gasteiger partial charge in [-0.1, -0.05) is 19.9 Å². The molecule has 8 nitrogen and oxygen atoms in total. The Labute approximate surface area is 218 Å². The highest BCUT2D eigenvalue weighted by atomic mass is 16.1. The third kappa shape index (κ3) is 4.53. The van der Waals surface area contributed by atoms with Gasteiger partial charge in [0.2, 0.25) is 0 Å². The van der Waals surface area contributed by atoms with E-state index >= 15 is 0 Å². The number of nitrogens with one attached hydrogen (secondary N) is 1. The number of nitriles is 1. The van der Waals surface area contributed by atoms with Gasteiger partial charge in [-0.3, -0.25) is 4.98 Å². The zero-order valence-corrected chi connectivity index (χ0v) is 22.4. The summed E-state index contributed by atoms with van der Waals surface area (Å²) >= 11 is 0. The van der Waals surface area contributed by atoms with Gasteiger partial charge < -0.3 is 10.2 Å². The highest BCUT2D eigenvalue weighted by Gasteiger charge is 2.29. The summed E-state index contributed by atoms with van der Waals surface area (Å²) in [6, 6.07) is 6.59. The van der Waals surface area contributed by atoms with Crippen molar-refractivity contribution in [1.82, 2.24) is 24.8 Å². The van der Waals surface area contributed by atoms with E-state index in [1.54, 1.807) is 10.8 Å². The Hall–Kier alpha value is -3.57. The number of allylic oxidation sites excluding steroid dienone is 2. The van der Waals surface area contributed by atoms with Gasteiger partial charge >= 0.3 is 5.69 Å². The van der Waals surface area contributed by atoms with Gasteiger partial charge in [0.25, 0.3) is 0 Å². The SMILES string of the molecule is Cc1ccnc(C(C)C)c1-n1c(=O)nc(N2C[C@@H](C)NC[C@@H]2C)c2cc(C#N)c(C3=CCCCC3)nc21. The highest BCUT2D eigenvalue weighted by molar-refractivity contribution is 5.91. The lowest BCUT2D eigenvalue weighted by molar-refractivity contribution is 0.423. The van der Waals surface area contributed by atoms with E-state index in [0.717, 1.165) is 60.1 Å². The fraction of sp³-hybridized carbons (Fsp3) is 0.483. The minimum atomic E-state index is -0.375. The summed E-state index contributed by atoms with van der Waals surface area (Å²) < 4.78 is 1.63. The van der Waals surface area contributed by atoms with E-state index in [1.807, 2.05) is 19.1 Å². The first-order valence-electron chi connectivity index (χ1n) is 13.3. The van der Waals surface area contributed by atoms with Crippen molar-refractivity contribution in [2.24, 2.45) is 0 Å². The molecule has 0 radical (unpaired) electrons. The van der Waals surface area contributed by atoms with Gasteiger partial charge in [0.05, 0.1) is 28.0 Å². The third-order valence-electron chi connectivity index (χ3n) is 7.52. The Bertz CT molecular complexity index is 1480. The predicted octanol–water partition coefficient (Wildman–Crippen LogP) is 4.62. The lowest BCUT2D eigenvalue weighted by Gasteiger charge is -2.38. The number of aryl methyl sites for hydroxylation is 1. The second-order valence-electron chi connectivity index (χ2n) is 10.7. The molecule has 0 saturated carbocycles. The van der Waals surface area contributed by atoms with Crippen LogP contribution >= 0.6 is 0 Å². The van der Waals surface area contributed by atoms with Crippen LogP contribution in [0, 0.1) is 18.3 Å². The number of nitrogens with zero attached hydrogens (tertiary/aromatic N) is 6. The van der Waals surface area contributed by atoms with Crippen molar-refractivity contribution in [1.29, 1.82) is 5.26 Å². The van der Waals surface area contributed by atoms with Crippen LogP contribution in [0.1, 0.15) is 81.8 Å². The molecule has 37 heavy (non-hydrogen) atoms. The van der Waals surface area contributed by atoms with E-state index < -0.39 is 0 Å². The number of rotatable bonds is 4. The van der Waals surface area contributed by atoms with Crippen LogP contribution in [0.4, 0.5) is 5.82 Å². The van der Waals surface area contributed by atoms with Gasteiger partial charge in [-0.05, 0) is 75.6 Å². The Balaban J connectivity index is 1.89. The number of fused-ring (bicyclic) bond motifs is 1. The van der Waals surface area contributed by atoms with E-state index in [-0.39, 0.29) is 23.7 Å². The minimum Gasteiger partial charge on any atom is -0.350 e. The fourth-order valence-electron chi connectivity index (χ4n) is 5.54. The van der Waals surface area contributed by atoms with Gasteiger partial charge in [0.15, 0.2) is 5.65 Å². The second-order valence-corrected chi connectivity index (χ2v) is 10.7. The maximum atomic E-state index is 13.9. The van der Waals surface area contributed by atoms with Crippen LogP contribution in [0.3, 0.4) is 0 Å². The van der Waals surface area contributed by atoms with Gasteiger partial charge in [-0.15, -0.1) is 0 Å². The van der Waals surface area contributed by atoms with Crippen LogP contribution in [0.25, 0.3) is 22.3 Å². The average molecular weight is 498 g/mol. The molecule has 4 heterocycles. The van der Waals surface area contributed by atoms with Crippen LogP contribution < -0.4 is 15.9 Å². The molecule has 1 saturated heterocycles. The van der Waals surface area contributed by atoms with Crippen LogP contribution in [0.2, 0.25) is 0 Å². The van der Waals surface area contributed by atoms with Crippen molar-refractivity contribution >= 4 is 22.4 Å². The van der Waals surface area contributed by atoms with Crippen LogP contribution in [0.5, 0.6) is 0 Å². The predicted molar refractivity (Wildman–Crippen MR) is 147 cm³/mol. The van der Waals surface area contributed by atoms with Crippen molar-refractivity contribution in [2.45, 2.75) is 78.3 Å². The van der Waals surface area contributed by atoms with E-state index in [0.29, 0.717) is 29.3 Å². The lowest BCUT2D eigenvalue weighted by Crippen LogP contribution is -2.55. The summed E-state index contributed by atoms with van der Waals surface area (Å²) in [6.45, 7) is 11.9. The molecule has 0 bridgehead atoms. The first-order chi connectivity index (χ1) is 17.8. The number of aromatic nitrogens is 4. The molecule has 3 aromatic rings. The molecular weight excluding hydrogens is 462 g/mol. The summed E-state index contributed by atoms with van der Waals surface area (Å²) in [4.78, 5) is 30.5. The summed E-state index contributed by atoms with van der Waals surface area (Å²) in [5.74, 6) is 0.697. The van der Waals surface area contributed by atoms with Crippen molar-refractivity contribution in [3.63, 3.8) is 0 Å². The maximum absolute atomic E-state index is 13.9. The van der Waals surface area contributed by atoms with E-state index in [1.165, 1.54) is 0 Å². The number of pyridine rings is 2. The number of anilines is 1. The average Bonchev–Trinajstić information content (AvgIpc) is 2.89. The maximum Gasteiger partial charge on any atom is 0.355 e. The minimum absolute atomic E-state index is 0.101. The standard InChI is InChI=1S/C29H35N7O/c1-17(2)24-26(18(3)11-12-31-24)36-28-23(13-22(14-30)25(33-28)21-9-7-6-8-10-21)27(34-29(36)37)35-16-19(4)32-15-20(35)5/h9,11-13,17,19-20,32H,6-8,10,15-16H2,1-5H3/t19-,20+/m1/s1. The molecule has 3 aromatic heterocycles. The third-order valence-corrected chi connectivity index (χ3v) is 7.52. The Kier molecular flexibility index (Phi) is 6.82. The smallest absolute Gasteiger partial charge is 0.350 e. The Morgan fingerprint density at radius 1 is 1.22 bits per heavy atom. The first-order valence-corrected chi connectivity index (χ1v) is 13.3. The van der Waals surface area contributed by atoms with E-state index in [2.05, 4.69) is 60.0 Å². The Morgan fingerprint density at radius 3 is 2.73 bits per heavy atom. The molecule has 2 atom stereocenters. The van der Waals surface area contributed by atoms with Gasteiger partial charge in [0, 0.05) is 31.4 Å². The largest absolute Gasteiger partial charge is 0.355 e. The van der Waals surface area contributed by atoms with Crippen molar-refractivity contribution in [3.8, 4) is 11.8 Å². The number of piperazine rings is 1. The zero-order chi connectivity index (χ0) is 26.3. The molecule has 0 unspecified atom stereocenters. The molecule has 1 aliphatic heterocycles. The van der Waals surface area contributed by atoms with Crippen molar-refractivity contribution in [3.05, 3.63) is 57.4 Å². The lowest BCUT2D eigenvalue weighted by atomic mass is 9.94. The summed E-state index contributed by atoms with van der Waals surface area (Å²) in [7, 11) is 0. The second kappa shape index (κ2) is 10.1. The summed E-state index contributed by atoms with van der Waals surface area (Å²) in [5.41, 5.74) is 4.93. The molecule has 8 heteroatoms.